The van der Waals surface area contributed by atoms with Crippen LogP contribution in [-0.2, 0) is 16.3 Å². The number of nitrogens with zero attached hydrogens (tertiary/aromatic N) is 1. The Kier molecular flexibility index (Phi) is 5.21. The third-order valence-corrected chi connectivity index (χ3v) is 7.22. The predicted molar refractivity (Wildman–Crippen MR) is 103 cm³/mol. The monoisotopic (exact) mass is 387 g/mol. The fourth-order valence-corrected chi connectivity index (χ4v) is 5.12. The standard InChI is InChI=1S/C21H25NO4S/c23-17-10-12-22(13-11-17)15-18-8-6-16-7-9-20(14-21(16)26-18)27(24,25)19-4-2-1-3-5-19/h1-5,7,9,14,17-18,23H,6,8,10-13,15H2. The number of aliphatic hydroxyl groups is 1. The van der Waals surface area contributed by atoms with Gasteiger partial charge in [-0.3, -0.25) is 4.90 Å². The molecule has 0 aromatic heterocycles. The molecular weight excluding hydrogens is 362 g/mol. The molecule has 1 unspecified atom stereocenters. The number of piperidine rings is 1. The summed E-state index contributed by atoms with van der Waals surface area (Å²) in [7, 11) is -3.54. The lowest BCUT2D eigenvalue weighted by atomic mass is 10.0. The van der Waals surface area contributed by atoms with Gasteiger partial charge < -0.3 is 9.84 Å². The topological polar surface area (TPSA) is 66.8 Å². The van der Waals surface area contributed by atoms with Crippen LogP contribution in [0.3, 0.4) is 0 Å². The van der Waals surface area contributed by atoms with E-state index in [4.69, 9.17) is 4.74 Å². The Labute approximate surface area is 160 Å². The highest BCUT2D eigenvalue weighted by Crippen LogP contribution is 2.32. The highest BCUT2D eigenvalue weighted by atomic mass is 32.2. The summed E-state index contributed by atoms with van der Waals surface area (Å²) < 4.78 is 31.9. The molecule has 2 aliphatic rings. The number of ether oxygens (including phenoxy) is 1. The third-order valence-electron chi connectivity index (χ3n) is 5.45. The van der Waals surface area contributed by atoms with Crippen molar-refractivity contribution in [1.82, 2.24) is 4.90 Å². The first-order valence-electron chi connectivity index (χ1n) is 9.52. The predicted octanol–water partition coefficient (Wildman–Crippen LogP) is 2.67. The van der Waals surface area contributed by atoms with Crippen LogP contribution in [0.5, 0.6) is 5.75 Å². The molecular formula is C21H25NO4S. The van der Waals surface area contributed by atoms with Gasteiger partial charge in [-0.2, -0.15) is 0 Å². The second-order valence-corrected chi connectivity index (χ2v) is 9.35. The summed E-state index contributed by atoms with van der Waals surface area (Å²) in [6.45, 7) is 2.59. The van der Waals surface area contributed by atoms with Gasteiger partial charge in [0.1, 0.15) is 11.9 Å². The van der Waals surface area contributed by atoms with Crippen molar-refractivity contribution in [2.45, 2.75) is 47.7 Å². The molecule has 6 heteroatoms. The Morgan fingerprint density at radius 2 is 1.74 bits per heavy atom. The van der Waals surface area contributed by atoms with E-state index in [1.807, 2.05) is 6.07 Å². The molecule has 27 heavy (non-hydrogen) atoms. The molecule has 1 saturated heterocycles. The molecule has 2 aliphatic heterocycles. The number of hydrogen-bond acceptors (Lipinski definition) is 5. The fraction of sp³-hybridized carbons (Fsp3) is 0.429. The minimum Gasteiger partial charge on any atom is -0.489 e. The Hall–Kier alpha value is -1.89. The average molecular weight is 388 g/mol. The van der Waals surface area contributed by atoms with E-state index in [1.54, 1.807) is 42.5 Å². The molecule has 2 aromatic rings. The van der Waals surface area contributed by atoms with Gasteiger partial charge >= 0.3 is 0 Å². The third kappa shape index (κ3) is 4.03. The van der Waals surface area contributed by atoms with Crippen LogP contribution in [0.1, 0.15) is 24.8 Å². The van der Waals surface area contributed by atoms with Crippen molar-refractivity contribution in [3.05, 3.63) is 54.1 Å². The number of fused-ring (bicyclic) bond motifs is 1. The lowest BCUT2D eigenvalue weighted by Gasteiger charge is -2.34. The summed E-state index contributed by atoms with van der Waals surface area (Å²) in [6, 6.07) is 13.7. The summed E-state index contributed by atoms with van der Waals surface area (Å²) in [6.07, 6.45) is 3.31. The van der Waals surface area contributed by atoms with E-state index >= 15 is 0 Å². The Morgan fingerprint density at radius 1 is 1.00 bits per heavy atom. The highest BCUT2D eigenvalue weighted by Gasteiger charge is 2.26. The maximum Gasteiger partial charge on any atom is 0.206 e. The molecule has 0 bridgehead atoms. The average Bonchev–Trinajstić information content (AvgIpc) is 2.70. The van der Waals surface area contributed by atoms with Gasteiger partial charge in [-0.15, -0.1) is 0 Å². The minimum atomic E-state index is -3.54. The van der Waals surface area contributed by atoms with Gasteiger partial charge in [-0.25, -0.2) is 8.42 Å². The lowest BCUT2D eigenvalue weighted by Crippen LogP contribution is -2.42. The number of sulfone groups is 1. The highest BCUT2D eigenvalue weighted by molar-refractivity contribution is 7.91. The first-order valence-corrected chi connectivity index (χ1v) is 11.0. The van der Waals surface area contributed by atoms with E-state index < -0.39 is 9.84 Å². The first-order chi connectivity index (χ1) is 13.0. The SMILES string of the molecule is O=S(=O)(c1ccccc1)c1ccc2c(c1)OC(CN1CCC(O)CC1)CC2. The van der Waals surface area contributed by atoms with Crippen molar-refractivity contribution in [2.24, 2.45) is 0 Å². The molecule has 0 amide bonds. The van der Waals surface area contributed by atoms with Crippen LogP contribution in [-0.4, -0.2) is 50.3 Å². The van der Waals surface area contributed by atoms with Gasteiger partial charge in [0, 0.05) is 19.6 Å². The summed E-state index contributed by atoms with van der Waals surface area (Å²) in [4.78, 5) is 2.89. The summed E-state index contributed by atoms with van der Waals surface area (Å²) in [5.41, 5.74) is 1.06. The van der Waals surface area contributed by atoms with Crippen LogP contribution in [0.15, 0.2) is 58.3 Å². The molecule has 1 fully saturated rings. The maximum absolute atomic E-state index is 12.9. The smallest absolute Gasteiger partial charge is 0.206 e. The second kappa shape index (κ2) is 7.62. The van der Waals surface area contributed by atoms with Gasteiger partial charge in [-0.1, -0.05) is 24.3 Å². The van der Waals surface area contributed by atoms with E-state index in [-0.39, 0.29) is 17.1 Å². The minimum absolute atomic E-state index is 0.0578. The molecule has 2 aromatic carbocycles. The van der Waals surface area contributed by atoms with Crippen LogP contribution >= 0.6 is 0 Å². The van der Waals surface area contributed by atoms with E-state index in [9.17, 15) is 13.5 Å². The number of likely N-dealkylation sites (tertiary alicyclic amines) is 1. The van der Waals surface area contributed by atoms with Crippen LogP contribution in [0.2, 0.25) is 0 Å². The van der Waals surface area contributed by atoms with Gasteiger partial charge in [0.25, 0.3) is 0 Å². The van der Waals surface area contributed by atoms with Crippen molar-refractivity contribution in [1.29, 1.82) is 0 Å². The zero-order valence-corrected chi connectivity index (χ0v) is 16.1. The van der Waals surface area contributed by atoms with Gasteiger partial charge in [0.2, 0.25) is 9.84 Å². The van der Waals surface area contributed by atoms with E-state index in [0.29, 0.717) is 10.6 Å². The summed E-state index contributed by atoms with van der Waals surface area (Å²) in [5, 5.41) is 9.65. The molecule has 1 N–H and O–H groups in total. The molecule has 4 rings (SSSR count). The maximum atomic E-state index is 12.9. The normalized spacial score (nSPS) is 21.4. The van der Waals surface area contributed by atoms with Gasteiger partial charge in [0.05, 0.1) is 15.9 Å². The molecule has 0 spiro atoms. The zero-order chi connectivity index (χ0) is 18.9. The molecule has 0 radical (unpaired) electrons. The molecule has 1 atom stereocenters. The van der Waals surface area contributed by atoms with E-state index in [1.165, 1.54) is 0 Å². The number of rotatable bonds is 4. The van der Waals surface area contributed by atoms with Crippen molar-refractivity contribution < 1.29 is 18.3 Å². The van der Waals surface area contributed by atoms with Gasteiger partial charge in [-0.05, 0) is 55.5 Å². The molecule has 0 saturated carbocycles. The number of benzene rings is 2. The number of hydrogen-bond donors (Lipinski definition) is 1. The number of aliphatic hydroxyl groups excluding tert-OH is 1. The molecule has 144 valence electrons. The summed E-state index contributed by atoms with van der Waals surface area (Å²) >= 11 is 0. The Morgan fingerprint density at radius 3 is 2.48 bits per heavy atom. The number of aryl methyl sites for hydroxylation is 1. The van der Waals surface area contributed by atoms with Crippen molar-refractivity contribution in [2.75, 3.05) is 19.6 Å². The Bertz CT molecular complexity index is 890. The van der Waals surface area contributed by atoms with E-state index in [0.717, 1.165) is 50.9 Å². The largest absolute Gasteiger partial charge is 0.489 e. The van der Waals surface area contributed by atoms with Crippen LogP contribution in [0, 0.1) is 0 Å². The van der Waals surface area contributed by atoms with Crippen LogP contribution in [0.25, 0.3) is 0 Å². The van der Waals surface area contributed by atoms with Crippen molar-refractivity contribution in [3.63, 3.8) is 0 Å². The zero-order valence-electron chi connectivity index (χ0n) is 15.3. The molecule has 0 aliphatic carbocycles. The van der Waals surface area contributed by atoms with Crippen LogP contribution < -0.4 is 4.74 Å². The fourth-order valence-electron chi connectivity index (χ4n) is 3.83. The van der Waals surface area contributed by atoms with E-state index in [2.05, 4.69) is 4.90 Å². The molecule has 2 heterocycles. The van der Waals surface area contributed by atoms with Crippen LogP contribution in [0.4, 0.5) is 0 Å². The lowest BCUT2D eigenvalue weighted by molar-refractivity contribution is 0.0525. The van der Waals surface area contributed by atoms with Crippen molar-refractivity contribution >= 4 is 9.84 Å². The van der Waals surface area contributed by atoms with Crippen molar-refractivity contribution in [3.8, 4) is 5.75 Å². The molecule has 5 nitrogen and oxygen atoms in total. The Balaban J connectivity index is 1.51. The van der Waals surface area contributed by atoms with Gasteiger partial charge in [0.15, 0.2) is 0 Å². The first kappa shape index (κ1) is 18.5. The second-order valence-electron chi connectivity index (χ2n) is 7.40. The quantitative estimate of drug-likeness (QED) is 0.874. The summed E-state index contributed by atoms with van der Waals surface area (Å²) in [5.74, 6) is 0.681.